The van der Waals surface area contributed by atoms with Crippen LogP contribution < -0.4 is 4.90 Å². The number of rotatable bonds is 2. The third-order valence-corrected chi connectivity index (χ3v) is 7.79. The predicted molar refractivity (Wildman–Crippen MR) is 133 cm³/mol. The second-order valence-electron chi connectivity index (χ2n) is 10.2. The van der Waals surface area contributed by atoms with Crippen molar-refractivity contribution in [2.75, 3.05) is 38.1 Å². The third-order valence-electron chi connectivity index (χ3n) is 7.79. The molecule has 0 unspecified atom stereocenters. The van der Waals surface area contributed by atoms with Crippen LogP contribution in [0.1, 0.15) is 17.5 Å². The first kappa shape index (κ1) is 19.6. The van der Waals surface area contributed by atoms with Crippen LogP contribution in [0.25, 0.3) is 28.3 Å². The zero-order valence-electron chi connectivity index (χ0n) is 19.3. The van der Waals surface area contributed by atoms with Gasteiger partial charge in [-0.3, -0.25) is 4.57 Å². The number of benzene rings is 2. The van der Waals surface area contributed by atoms with Gasteiger partial charge in [-0.1, -0.05) is 12.1 Å². The molecule has 0 aliphatic carbocycles. The van der Waals surface area contributed by atoms with Gasteiger partial charge in [0.1, 0.15) is 0 Å². The lowest BCUT2D eigenvalue weighted by molar-refractivity contribution is 0.0424. The normalized spacial score (nSPS) is 18.1. The van der Waals surface area contributed by atoms with Crippen LogP contribution in [-0.4, -0.2) is 52.2 Å². The summed E-state index contributed by atoms with van der Waals surface area (Å²) in [6.45, 7) is 5.54. The van der Waals surface area contributed by atoms with Crippen molar-refractivity contribution < 1.29 is 0 Å². The van der Waals surface area contributed by atoms with Crippen molar-refractivity contribution in [3.05, 3.63) is 78.2 Å². The molecule has 6 heteroatoms. The molecule has 7 rings (SSSR count). The van der Waals surface area contributed by atoms with Gasteiger partial charge in [-0.25, -0.2) is 4.98 Å². The Morgan fingerprint density at radius 2 is 1.85 bits per heavy atom. The molecule has 1 spiro atoms. The largest absolute Gasteiger partial charge is 0.371 e. The topological polar surface area (TPSA) is 53.0 Å². The van der Waals surface area contributed by atoms with E-state index in [0.29, 0.717) is 11.0 Å². The molecule has 2 fully saturated rings. The van der Waals surface area contributed by atoms with Crippen LogP contribution >= 0.6 is 0 Å². The fourth-order valence-electron chi connectivity index (χ4n) is 6.24. The number of hydrogen-bond acceptors (Lipinski definition) is 4. The number of likely N-dealkylation sites (tertiary alicyclic amines) is 1. The lowest BCUT2D eigenvalue weighted by Gasteiger charge is -2.46. The molecule has 0 saturated carbocycles. The van der Waals surface area contributed by atoms with Gasteiger partial charge in [0.2, 0.25) is 0 Å². The van der Waals surface area contributed by atoms with Crippen molar-refractivity contribution >= 4 is 5.69 Å². The summed E-state index contributed by atoms with van der Waals surface area (Å²) in [5.41, 5.74) is 8.38. The van der Waals surface area contributed by atoms with Gasteiger partial charge in [0.25, 0.3) is 0 Å². The Morgan fingerprint density at radius 3 is 2.65 bits per heavy atom. The molecule has 2 saturated heterocycles. The van der Waals surface area contributed by atoms with Crippen LogP contribution in [0, 0.1) is 16.7 Å². The first-order chi connectivity index (χ1) is 16.6. The lowest BCUT2D eigenvalue weighted by atomic mass is 9.79. The van der Waals surface area contributed by atoms with Crippen LogP contribution in [0.4, 0.5) is 5.69 Å². The Hall–Kier alpha value is -3.82. The predicted octanol–water partition coefficient (Wildman–Crippen LogP) is 4.38. The highest BCUT2D eigenvalue weighted by molar-refractivity contribution is 5.72. The highest BCUT2D eigenvalue weighted by Gasteiger charge is 2.46. The molecule has 0 radical (unpaired) electrons. The van der Waals surface area contributed by atoms with E-state index in [9.17, 15) is 0 Å². The minimum absolute atomic E-state index is 0.489. The van der Waals surface area contributed by atoms with E-state index in [0.717, 1.165) is 42.3 Å². The van der Waals surface area contributed by atoms with Gasteiger partial charge < -0.3 is 14.4 Å². The number of nitriles is 1. The molecule has 3 aliphatic heterocycles. The van der Waals surface area contributed by atoms with E-state index in [-0.39, 0.29) is 0 Å². The quantitative estimate of drug-likeness (QED) is 0.404. The van der Waals surface area contributed by atoms with Crippen LogP contribution in [0.3, 0.4) is 0 Å². The Bertz CT molecular complexity index is 1450. The van der Waals surface area contributed by atoms with Gasteiger partial charge in [0.15, 0.2) is 5.82 Å². The SMILES string of the molecule is CN1CC2(CCN(c3ccc4c(c3)Cn3cc(-c5ccc(C#N)cc5)cc3-c3nccn3-4)C2)C1. The van der Waals surface area contributed by atoms with E-state index >= 15 is 0 Å². The maximum Gasteiger partial charge on any atom is 0.161 e. The summed E-state index contributed by atoms with van der Waals surface area (Å²) in [6.07, 6.45) is 7.45. The number of anilines is 1. The molecule has 0 N–H and O–H groups in total. The van der Waals surface area contributed by atoms with Crippen molar-refractivity contribution in [2.45, 2.75) is 13.0 Å². The zero-order chi connectivity index (χ0) is 22.9. The third kappa shape index (κ3) is 2.94. The average molecular weight is 447 g/mol. The Kier molecular flexibility index (Phi) is 4.09. The van der Waals surface area contributed by atoms with E-state index in [2.05, 4.69) is 68.7 Å². The molecule has 0 atom stereocenters. The van der Waals surface area contributed by atoms with Gasteiger partial charge in [0, 0.05) is 68.0 Å². The van der Waals surface area contributed by atoms with Crippen molar-refractivity contribution in [1.82, 2.24) is 19.0 Å². The van der Waals surface area contributed by atoms with E-state index in [1.807, 2.05) is 30.5 Å². The van der Waals surface area contributed by atoms with Crippen LogP contribution in [0.15, 0.2) is 67.1 Å². The molecular weight excluding hydrogens is 420 g/mol. The maximum absolute atomic E-state index is 9.13. The highest BCUT2D eigenvalue weighted by Crippen LogP contribution is 2.41. The summed E-state index contributed by atoms with van der Waals surface area (Å²) in [4.78, 5) is 9.73. The lowest BCUT2D eigenvalue weighted by Crippen LogP contribution is -2.55. The van der Waals surface area contributed by atoms with Crippen molar-refractivity contribution in [3.63, 3.8) is 0 Å². The first-order valence-electron chi connectivity index (χ1n) is 11.9. The number of aromatic nitrogens is 3. The van der Waals surface area contributed by atoms with Crippen LogP contribution in [0.2, 0.25) is 0 Å². The maximum atomic E-state index is 9.13. The average Bonchev–Trinajstić information content (AvgIpc) is 3.56. The van der Waals surface area contributed by atoms with Crippen molar-refractivity contribution in [1.29, 1.82) is 5.26 Å². The van der Waals surface area contributed by atoms with Gasteiger partial charge in [-0.15, -0.1) is 0 Å². The molecular formula is C28H26N6. The van der Waals surface area contributed by atoms with E-state index in [1.54, 1.807) is 0 Å². The van der Waals surface area contributed by atoms with Gasteiger partial charge >= 0.3 is 0 Å². The summed E-state index contributed by atoms with van der Waals surface area (Å²) in [5.74, 6) is 0.962. The van der Waals surface area contributed by atoms with E-state index in [1.165, 1.54) is 36.4 Å². The minimum Gasteiger partial charge on any atom is -0.371 e. The molecule has 0 bridgehead atoms. The highest BCUT2D eigenvalue weighted by atomic mass is 15.3. The second-order valence-corrected chi connectivity index (χ2v) is 10.2. The van der Waals surface area contributed by atoms with Crippen LogP contribution in [0.5, 0.6) is 0 Å². The summed E-state index contributed by atoms with van der Waals surface area (Å²) >= 11 is 0. The summed E-state index contributed by atoms with van der Waals surface area (Å²) < 4.78 is 4.53. The molecule has 34 heavy (non-hydrogen) atoms. The summed E-state index contributed by atoms with van der Waals surface area (Å²) in [6, 6.07) is 19.1. The molecule has 2 aromatic heterocycles. The Labute approximate surface area is 199 Å². The minimum atomic E-state index is 0.489. The van der Waals surface area contributed by atoms with E-state index in [4.69, 9.17) is 10.2 Å². The Morgan fingerprint density at radius 1 is 1.00 bits per heavy atom. The van der Waals surface area contributed by atoms with Gasteiger partial charge in [0.05, 0.1) is 23.0 Å². The van der Waals surface area contributed by atoms with E-state index < -0.39 is 0 Å². The number of nitrogens with zero attached hydrogens (tertiary/aromatic N) is 6. The van der Waals surface area contributed by atoms with Gasteiger partial charge in [-0.2, -0.15) is 5.26 Å². The standard InChI is InChI=1S/C28H26N6/c1-31-17-28(18-31)8-10-32(19-28)24-6-7-25-23(12-24)16-33-15-22(21-4-2-20(14-29)3-5-21)13-26(33)27-30-9-11-34(25)27/h2-7,9,11-13,15H,8,10,16-19H2,1H3. The number of fused-ring (bicyclic) bond motifs is 5. The molecule has 168 valence electrons. The Balaban J connectivity index is 1.26. The monoisotopic (exact) mass is 446 g/mol. The molecule has 2 aromatic carbocycles. The fraction of sp³-hybridized carbons (Fsp3) is 0.286. The molecule has 6 nitrogen and oxygen atoms in total. The second kappa shape index (κ2) is 7.09. The smallest absolute Gasteiger partial charge is 0.161 e. The number of hydrogen-bond donors (Lipinski definition) is 0. The fourth-order valence-corrected chi connectivity index (χ4v) is 6.24. The van der Waals surface area contributed by atoms with Crippen molar-refractivity contribution in [3.8, 4) is 34.4 Å². The summed E-state index contributed by atoms with van der Waals surface area (Å²) in [5, 5.41) is 9.13. The van der Waals surface area contributed by atoms with Crippen LogP contribution in [-0.2, 0) is 6.54 Å². The molecule has 0 amide bonds. The van der Waals surface area contributed by atoms with Gasteiger partial charge in [-0.05, 0) is 61.0 Å². The summed E-state index contributed by atoms with van der Waals surface area (Å²) in [7, 11) is 2.22. The molecule has 5 heterocycles. The first-order valence-corrected chi connectivity index (χ1v) is 11.9. The number of imidazole rings is 1. The molecule has 4 aromatic rings. The molecule has 3 aliphatic rings. The zero-order valence-corrected chi connectivity index (χ0v) is 19.3. The van der Waals surface area contributed by atoms with Crippen molar-refractivity contribution in [2.24, 2.45) is 5.41 Å².